The van der Waals surface area contributed by atoms with Crippen molar-refractivity contribution in [2.45, 2.75) is 18.9 Å². The van der Waals surface area contributed by atoms with E-state index in [-0.39, 0.29) is 0 Å². The number of quaternary nitrogens is 1. The number of halogens is 3. The third-order valence-corrected chi connectivity index (χ3v) is 1.86. The van der Waals surface area contributed by atoms with Crippen LogP contribution in [0.2, 0.25) is 0 Å². The van der Waals surface area contributed by atoms with Crippen LogP contribution >= 0.6 is 0 Å². The van der Waals surface area contributed by atoms with Gasteiger partial charge in [0.05, 0.1) is 27.7 Å². The maximum atomic E-state index is 10.8. The molecule has 0 aliphatic rings. The second-order valence-corrected chi connectivity index (χ2v) is 5.56. The number of alkyl halides is 3. The van der Waals surface area contributed by atoms with Crippen molar-refractivity contribution in [1.82, 2.24) is 0 Å². The molecule has 4 nitrogen and oxygen atoms in total. The molecule has 0 rings (SSSR count). The Kier molecular flexibility index (Phi) is 6.45. The van der Waals surface area contributed by atoms with Crippen molar-refractivity contribution in [3.05, 3.63) is 0 Å². The summed E-state index contributed by atoms with van der Waals surface area (Å²) in [5.41, 5.74) is -5.31. The molecule has 0 saturated heterocycles. The number of hydrogen-bond acceptors (Lipinski definition) is 2. The lowest BCUT2D eigenvalue weighted by atomic mass is 10.4. The summed E-state index contributed by atoms with van der Waals surface area (Å²) in [6.07, 6.45) is 1.28. The van der Waals surface area contributed by atoms with Crippen LogP contribution in [0.25, 0.3) is 0 Å². The summed E-state index contributed by atoms with van der Waals surface area (Å²) < 4.78 is 52.3. The van der Waals surface area contributed by atoms with E-state index in [0.717, 1.165) is 4.48 Å². The molecule has 0 radical (unpaired) electrons. The van der Waals surface area contributed by atoms with E-state index in [4.69, 9.17) is 0 Å². The highest BCUT2D eigenvalue weighted by Crippen LogP contribution is 2.18. The molecular weight excluding hydrogens is 233 g/mol. The van der Waals surface area contributed by atoms with Gasteiger partial charge in [-0.1, -0.05) is 6.92 Å². The number of nitrogens with zero attached hydrogens (tertiary/aromatic N) is 1. The third-order valence-electron chi connectivity index (χ3n) is 1.22. The Morgan fingerprint density at radius 3 is 1.47 bits per heavy atom. The summed E-state index contributed by atoms with van der Waals surface area (Å²) >= 11 is 0. The number of nitrogens with two attached hydrogens (primary N) is 1. The molecule has 0 amide bonds. The van der Waals surface area contributed by atoms with E-state index >= 15 is 0 Å². The van der Waals surface area contributed by atoms with E-state index in [9.17, 15) is 21.6 Å². The number of primary sulfonamides is 1. The smallest absolute Gasteiger partial charge is 0.331 e. The van der Waals surface area contributed by atoms with Crippen LogP contribution in [0.4, 0.5) is 13.2 Å². The second-order valence-electron chi connectivity index (χ2n) is 4.00. The van der Waals surface area contributed by atoms with E-state index in [2.05, 4.69) is 33.2 Å². The van der Waals surface area contributed by atoms with Gasteiger partial charge in [0.25, 0.3) is 0 Å². The average molecular weight is 251 g/mol. The highest BCUT2D eigenvalue weighted by molar-refractivity contribution is 7.90. The van der Waals surface area contributed by atoms with Crippen molar-refractivity contribution in [2.24, 2.45) is 5.14 Å². The molecule has 8 heteroatoms. The van der Waals surface area contributed by atoms with Gasteiger partial charge in [-0.05, 0) is 6.42 Å². The summed E-state index contributed by atoms with van der Waals surface area (Å²) in [7, 11) is 1.30. The van der Waals surface area contributed by atoms with Gasteiger partial charge in [0.1, 0.15) is 0 Å². The van der Waals surface area contributed by atoms with Crippen LogP contribution < -0.4 is 5.14 Å². The van der Waals surface area contributed by atoms with Crippen molar-refractivity contribution in [1.29, 1.82) is 0 Å². The average Bonchev–Trinajstić information content (AvgIpc) is 1.79. The lowest BCUT2D eigenvalue weighted by molar-refractivity contribution is -0.870. The van der Waals surface area contributed by atoms with E-state index in [1.807, 2.05) is 0 Å². The predicted molar refractivity (Wildman–Crippen MR) is 52.4 cm³/mol. The van der Waals surface area contributed by atoms with Crippen LogP contribution in [0.15, 0.2) is 0 Å². The van der Waals surface area contributed by atoms with Gasteiger partial charge in [-0.15, -0.1) is 0 Å². The topological polar surface area (TPSA) is 60.2 Å². The Bertz CT molecular complexity index is 267. The number of hydrogen-bond donors (Lipinski definition) is 1. The predicted octanol–water partition coefficient (Wildman–Crippen LogP) is 0.897. The molecule has 0 unspecified atom stereocenters. The van der Waals surface area contributed by atoms with Crippen molar-refractivity contribution in [3.63, 3.8) is 0 Å². The fourth-order valence-electron chi connectivity index (χ4n) is 0.671. The zero-order valence-corrected chi connectivity index (χ0v) is 10.1. The van der Waals surface area contributed by atoms with E-state index in [1.54, 1.807) is 0 Å². The maximum Gasteiger partial charge on any atom is 0.511 e. The summed E-state index contributed by atoms with van der Waals surface area (Å²) in [5.74, 6) is 0. The maximum absolute atomic E-state index is 10.8. The van der Waals surface area contributed by atoms with Gasteiger partial charge in [-0.25, -0.2) is 13.6 Å². The Labute approximate surface area is 88.5 Å². The fraction of sp³-hybridized carbons (Fsp3) is 1.00. The normalized spacial score (nSPS) is 13.1. The Morgan fingerprint density at radius 2 is 1.47 bits per heavy atom. The van der Waals surface area contributed by atoms with Crippen molar-refractivity contribution in [3.8, 4) is 0 Å². The first-order chi connectivity index (χ1) is 6.31. The molecular formula is C7H18F3N2O2S+. The minimum atomic E-state index is -5.34. The molecule has 15 heavy (non-hydrogen) atoms. The Hall–Kier alpha value is -0.340. The molecule has 2 N–H and O–H groups in total. The summed E-state index contributed by atoms with van der Waals surface area (Å²) in [6, 6.07) is 0. The molecule has 0 saturated carbocycles. The first kappa shape index (κ1) is 17.1. The number of sulfonamides is 1. The lowest BCUT2D eigenvalue weighted by Gasteiger charge is -2.22. The van der Waals surface area contributed by atoms with E-state index in [0.29, 0.717) is 0 Å². The quantitative estimate of drug-likeness (QED) is 0.741. The lowest BCUT2D eigenvalue weighted by Crippen LogP contribution is -2.34. The zero-order valence-electron chi connectivity index (χ0n) is 9.30. The van der Waals surface area contributed by atoms with Crippen molar-refractivity contribution >= 4 is 10.0 Å². The van der Waals surface area contributed by atoms with Crippen LogP contribution in [-0.2, 0) is 10.0 Å². The van der Waals surface area contributed by atoms with Crippen LogP contribution in [0.5, 0.6) is 0 Å². The fourth-order valence-corrected chi connectivity index (χ4v) is 0.671. The molecule has 0 aromatic heterocycles. The van der Waals surface area contributed by atoms with Crippen LogP contribution in [0.1, 0.15) is 13.3 Å². The van der Waals surface area contributed by atoms with Gasteiger partial charge in [-0.2, -0.15) is 13.2 Å². The minimum Gasteiger partial charge on any atom is -0.331 e. The van der Waals surface area contributed by atoms with E-state index in [1.165, 1.54) is 13.0 Å². The van der Waals surface area contributed by atoms with Gasteiger partial charge in [0, 0.05) is 0 Å². The molecule has 0 heterocycles. The summed E-state index contributed by atoms with van der Waals surface area (Å²) in [5, 5.41) is 3.66. The molecule has 0 spiro atoms. The van der Waals surface area contributed by atoms with E-state index < -0.39 is 15.5 Å². The standard InChI is InChI=1S/C6H16N.CH2F3NO2S/c1-5-6-7(2,3)4;2-1(3,4)8(5,6)7/h5-6H2,1-4H3;(H2,5,6,7)/q+1;. The van der Waals surface area contributed by atoms with Gasteiger partial charge in [0.2, 0.25) is 0 Å². The van der Waals surface area contributed by atoms with Gasteiger partial charge in [0.15, 0.2) is 0 Å². The molecule has 94 valence electrons. The SMILES string of the molecule is CCC[N+](C)(C)C.NS(=O)(=O)C(F)(F)F. The highest BCUT2D eigenvalue weighted by Gasteiger charge is 2.42. The van der Waals surface area contributed by atoms with Crippen molar-refractivity contribution < 1.29 is 26.1 Å². The molecule has 0 bridgehead atoms. The zero-order chi connectivity index (χ0) is 12.9. The monoisotopic (exact) mass is 251 g/mol. The largest absolute Gasteiger partial charge is 0.511 e. The Balaban J connectivity index is 0. The number of rotatable bonds is 2. The molecule has 0 aliphatic heterocycles. The summed E-state index contributed by atoms with van der Waals surface area (Å²) in [6.45, 7) is 3.49. The summed E-state index contributed by atoms with van der Waals surface area (Å²) in [4.78, 5) is 0. The Morgan fingerprint density at radius 1 is 1.20 bits per heavy atom. The third kappa shape index (κ3) is 11.6. The second kappa shape index (κ2) is 5.66. The minimum absolute atomic E-state index is 1.09. The van der Waals surface area contributed by atoms with Gasteiger partial charge < -0.3 is 4.48 Å². The first-order valence-electron chi connectivity index (χ1n) is 4.21. The molecule has 0 aromatic rings. The molecule has 0 atom stereocenters. The van der Waals surface area contributed by atoms with Crippen LogP contribution in [-0.4, -0.2) is 46.1 Å². The molecule has 0 aromatic carbocycles. The first-order valence-corrected chi connectivity index (χ1v) is 5.75. The van der Waals surface area contributed by atoms with Gasteiger partial charge >= 0.3 is 15.5 Å². The van der Waals surface area contributed by atoms with Crippen LogP contribution in [0.3, 0.4) is 0 Å². The van der Waals surface area contributed by atoms with Gasteiger partial charge in [-0.3, -0.25) is 0 Å². The van der Waals surface area contributed by atoms with Crippen LogP contribution in [0, 0.1) is 0 Å². The highest BCUT2D eigenvalue weighted by atomic mass is 32.2. The molecule has 0 fully saturated rings. The molecule has 0 aliphatic carbocycles. The van der Waals surface area contributed by atoms with Crippen molar-refractivity contribution in [2.75, 3.05) is 27.7 Å².